The quantitative estimate of drug-likeness (QED) is 0.231. The fourth-order valence-corrected chi connectivity index (χ4v) is 5.31. The molecule has 0 amide bonds. The lowest BCUT2D eigenvalue weighted by Gasteiger charge is -2.13. The van der Waals surface area contributed by atoms with Crippen molar-refractivity contribution in [3.63, 3.8) is 0 Å². The van der Waals surface area contributed by atoms with Crippen LogP contribution in [0.2, 0.25) is 0 Å². The first-order valence-electron chi connectivity index (χ1n) is 11.4. The third kappa shape index (κ3) is 4.68. The number of anilines is 1. The minimum absolute atomic E-state index is 0.00563. The lowest BCUT2D eigenvalue weighted by Crippen LogP contribution is -2.25. The van der Waals surface area contributed by atoms with Crippen LogP contribution < -0.4 is 10.9 Å². The van der Waals surface area contributed by atoms with Crippen molar-refractivity contribution in [2.45, 2.75) is 48.6 Å². The highest BCUT2D eigenvalue weighted by molar-refractivity contribution is 14.1. The predicted octanol–water partition coefficient (Wildman–Crippen LogP) is 3.02. The molecule has 1 fully saturated rings. The van der Waals surface area contributed by atoms with Crippen molar-refractivity contribution in [1.82, 2.24) is 34.5 Å². The van der Waals surface area contributed by atoms with Crippen molar-refractivity contribution in [2.75, 3.05) is 11.1 Å². The van der Waals surface area contributed by atoms with E-state index in [9.17, 15) is 13.2 Å². The summed E-state index contributed by atoms with van der Waals surface area (Å²) in [4.78, 5) is 40.1. The maximum absolute atomic E-state index is 13.2. The molecule has 1 N–H and O–H groups in total. The molecule has 0 atom stereocenters. The van der Waals surface area contributed by atoms with E-state index in [4.69, 9.17) is 4.98 Å². The summed E-state index contributed by atoms with van der Waals surface area (Å²) in [5.74, 6) is 1.02. The van der Waals surface area contributed by atoms with Gasteiger partial charge in [-0.2, -0.15) is 0 Å². The second kappa shape index (κ2) is 9.76. The number of hydrogen-bond acceptors (Lipinski definition) is 10. The first-order chi connectivity index (χ1) is 17.3. The predicted molar refractivity (Wildman–Crippen MR) is 143 cm³/mol. The molecule has 1 saturated carbocycles. The molecule has 1 aliphatic rings. The summed E-state index contributed by atoms with van der Waals surface area (Å²) in [5, 5.41) is 3.02. The maximum atomic E-state index is 13.2. The summed E-state index contributed by atoms with van der Waals surface area (Å²) in [6, 6.07) is 3.13. The lowest BCUT2D eigenvalue weighted by atomic mass is 10.1. The van der Waals surface area contributed by atoms with E-state index in [-0.39, 0.29) is 28.6 Å². The molecule has 0 unspecified atom stereocenters. The monoisotopic (exact) mass is 618 g/mol. The normalized spacial score (nSPS) is 13.8. The highest BCUT2D eigenvalue weighted by Gasteiger charge is 2.30. The highest BCUT2D eigenvalue weighted by Crippen LogP contribution is 2.43. The van der Waals surface area contributed by atoms with Gasteiger partial charge in [-0.25, -0.2) is 33.3 Å². The summed E-state index contributed by atoms with van der Waals surface area (Å²) in [6.45, 7) is 3.69. The van der Waals surface area contributed by atoms with Crippen LogP contribution in [0.4, 0.5) is 5.82 Å². The lowest BCUT2D eigenvalue weighted by molar-refractivity contribution is 0.596. The van der Waals surface area contributed by atoms with Gasteiger partial charge in [0.25, 0.3) is 5.56 Å². The number of alkyl halides is 1. The summed E-state index contributed by atoms with van der Waals surface area (Å²) >= 11 is 2.11. The van der Waals surface area contributed by atoms with Crippen molar-refractivity contribution in [3.05, 3.63) is 58.3 Å². The molecule has 0 bridgehead atoms. The Morgan fingerprint density at radius 2 is 1.92 bits per heavy atom. The fourth-order valence-electron chi connectivity index (χ4n) is 3.86. The van der Waals surface area contributed by atoms with Gasteiger partial charge in [-0.05, 0) is 31.9 Å². The van der Waals surface area contributed by atoms with Crippen LogP contribution >= 0.6 is 22.6 Å². The average molecular weight is 618 g/mol. The van der Waals surface area contributed by atoms with Gasteiger partial charge >= 0.3 is 0 Å². The number of hydrogen-bond donors (Lipinski definition) is 1. The standard InChI is InChI=1S/C23H23IN8O3S/c1-3-36(34,35)16-7-6-15(25-9-16)8-26-21-23(33)32(11-24)22-17(30-21)10-27-20(31-22)18-13(2)28-12-29-19(18)14-4-5-14/h6-7,9-10,12,14H,3-5,8,11H2,1-2H3,(H,26,30). The van der Waals surface area contributed by atoms with E-state index in [1.54, 1.807) is 25.5 Å². The Labute approximate surface area is 220 Å². The van der Waals surface area contributed by atoms with E-state index in [1.165, 1.54) is 16.8 Å². The third-order valence-electron chi connectivity index (χ3n) is 6.03. The van der Waals surface area contributed by atoms with Gasteiger partial charge in [0.05, 0.1) is 50.6 Å². The molecule has 5 rings (SSSR count). The molecule has 4 heterocycles. The molecule has 0 spiro atoms. The van der Waals surface area contributed by atoms with Crippen LogP contribution in [0.15, 0.2) is 40.5 Å². The zero-order valence-electron chi connectivity index (χ0n) is 19.6. The van der Waals surface area contributed by atoms with Crippen LogP contribution in [0.3, 0.4) is 0 Å². The molecule has 4 aromatic rings. The second-order valence-corrected chi connectivity index (χ2v) is 11.4. The molecule has 11 nitrogen and oxygen atoms in total. The van der Waals surface area contributed by atoms with Crippen LogP contribution in [0.25, 0.3) is 22.6 Å². The largest absolute Gasteiger partial charge is 0.360 e. The molecule has 0 aromatic carbocycles. The number of fused-ring (bicyclic) bond motifs is 1. The average Bonchev–Trinajstić information content (AvgIpc) is 3.73. The van der Waals surface area contributed by atoms with E-state index in [1.807, 2.05) is 6.92 Å². The van der Waals surface area contributed by atoms with Crippen LogP contribution in [-0.4, -0.2) is 48.6 Å². The van der Waals surface area contributed by atoms with E-state index >= 15 is 0 Å². The van der Waals surface area contributed by atoms with E-state index < -0.39 is 9.84 Å². The molecular weight excluding hydrogens is 595 g/mol. The van der Waals surface area contributed by atoms with Crippen LogP contribution in [0.1, 0.15) is 42.8 Å². The number of rotatable bonds is 8. The van der Waals surface area contributed by atoms with Crippen molar-refractivity contribution >= 4 is 49.4 Å². The molecule has 0 radical (unpaired) electrons. The van der Waals surface area contributed by atoms with E-state index in [0.29, 0.717) is 33.2 Å². The first kappa shape index (κ1) is 24.6. The highest BCUT2D eigenvalue weighted by atomic mass is 127. The number of halogens is 1. The van der Waals surface area contributed by atoms with Gasteiger partial charge < -0.3 is 5.32 Å². The number of nitrogens with one attached hydrogen (secondary N) is 1. The Kier molecular flexibility index (Phi) is 6.68. The van der Waals surface area contributed by atoms with E-state index in [2.05, 4.69) is 52.8 Å². The Balaban J connectivity index is 1.47. The third-order valence-corrected chi connectivity index (χ3v) is 8.43. The number of nitrogens with zero attached hydrogens (tertiary/aromatic N) is 7. The summed E-state index contributed by atoms with van der Waals surface area (Å²) in [7, 11) is -3.32. The Hall–Kier alpha value is -3.07. The van der Waals surface area contributed by atoms with Crippen molar-refractivity contribution in [1.29, 1.82) is 0 Å². The van der Waals surface area contributed by atoms with Gasteiger partial charge in [0.1, 0.15) is 11.8 Å². The number of sulfone groups is 1. The second-order valence-electron chi connectivity index (χ2n) is 8.45. The zero-order valence-corrected chi connectivity index (χ0v) is 22.6. The van der Waals surface area contributed by atoms with Gasteiger partial charge in [0, 0.05) is 12.1 Å². The van der Waals surface area contributed by atoms with Gasteiger partial charge in [0.2, 0.25) is 0 Å². The maximum Gasteiger partial charge on any atom is 0.295 e. The molecule has 186 valence electrons. The fraction of sp³-hybridized carbons (Fsp3) is 0.348. The Bertz CT molecular complexity index is 1620. The Morgan fingerprint density at radius 3 is 2.58 bits per heavy atom. The van der Waals surface area contributed by atoms with Gasteiger partial charge in [-0.1, -0.05) is 29.5 Å². The van der Waals surface area contributed by atoms with Crippen LogP contribution in [0, 0.1) is 6.92 Å². The summed E-state index contributed by atoms with van der Waals surface area (Å²) < 4.78 is 25.9. The SMILES string of the molecule is CCS(=O)(=O)c1ccc(CNc2nc3cnc(-c4c(C)ncnc4C4CC4)nc3n(CI)c2=O)nc1. The minimum atomic E-state index is -3.32. The number of aromatic nitrogens is 7. The van der Waals surface area contributed by atoms with E-state index in [0.717, 1.165) is 29.8 Å². The smallest absolute Gasteiger partial charge is 0.295 e. The molecule has 13 heteroatoms. The summed E-state index contributed by atoms with van der Waals surface area (Å²) in [5.41, 5.74) is 3.71. The number of pyridine rings is 1. The van der Waals surface area contributed by atoms with Gasteiger partial charge in [-0.15, -0.1) is 0 Å². The molecule has 36 heavy (non-hydrogen) atoms. The minimum Gasteiger partial charge on any atom is -0.360 e. The first-order valence-corrected chi connectivity index (χ1v) is 14.6. The number of aryl methyl sites for hydroxylation is 1. The van der Waals surface area contributed by atoms with Crippen LogP contribution in [0.5, 0.6) is 0 Å². The topological polar surface area (TPSA) is 146 Å². The molecule has 0 saturated heterocycles. The summed E-state index contributed by atoms with van der Waals surface area (Å²) in [6.07, 6.45) is 6.67. The van der Waals surface area contributed by atoms with Gasteiger partial charge in [0.15, 0.2) is 27.1 Å². The van der Waals surface area contributed by atoms with Gasteiger partial charge in [-0.3, -0.25) is 14.3 Å². The van der Waals surface area contributed by atoms with Crippen molar-refractivity contribution < 1.29 is 8.42 Å². The molecular formula is C23H23IN8O3S. The van der Waals surface area contributed by atoms with Crippen molar-refractivity contribution in [2.24, 2.45) is 0 Å². The van der Waals surface area contributed by atoms with Crippen LogP contribution in [-0.2, 0) is 20.9 Å². The molecule has 4 aromatic heterocycles. The zero-order chi connectivity index (χ0) is 25.4. The molecule has 1 aliphatic carbocycles. The van der Waals surface area contributed by atoms with Crippen molar-refractivity contribution in [3.8, 4) is 11.4 Å². The Morgan fingerprint density at radius 1 is 1.11 bits per heavy atom. The molecule has 0 aliphatic heterocycles.